The van der Waals surface area contributed by atoms with E-state index in [2.05, 4.69) is 0 Å². The molecule has 0 spiro atoms. The van der Waals surface area contributed by atoms with Gasteiger partial charge in [0.25, 0.3) is 0 Å². The van der Waals surface area contributed by atoms with E-state index in [1.165, 1.54) is 0 Å². The summed E-state index contributed by atoms with van der Waals surface area (Å²) < 4.78 is 42.7. The summed E-state index contributed by atoms with van der Waals surface area (Å²) in [6, 6.07) is 58.8. The van der Waals surface area contributed by atoms with Crippen LogP contribution in [0, 0.1) is 0 Å². The molecule has 6 rings (SSSR count). The van der Waals surface area contributed by atoms with E-state index in [1.54, 1.807) is 0 Å². The minimum atomic E-state index is -5.73. The van der Waals surface area contributed by atoms with Gasteiger partial charge in [-0.1, -0.05) is 0 Å². The van der Waals surface area contributed by atoms with Crippen LogP contribution >= 0.6 is 0 Å². The first-order valence-electron chi connectivity index (χ1n) is 18.0. The Kier molecular flexibility index (Phi) is 13.8. The zero-order valence-corrected chi connectivity index (χ0v) is 33.6. The first-order valence-corrected chi connectivity index (χ1v) is 24.4. The van der Waals surface area contributed by atoms with Crippen LogP contribution in [0.5, 0.6) is 0 Å². The molecule has 0 saturated carbocycles. The first kappa shape index (κ1) is 39.0. The summed E-state index contributed by atoms with van der Waals surface area (Å²) >= 11 is -5.73. The molecule has 6 aromatic carbocycles. The quantitative estimate of drug-likeness (QED) is 0.0916. The predicted octanol–water partition coefficient (Wildman–Crippen LogP) is 12.1. The second-order valence-corrected chi connectivity index (χ2v) is 21.3. The SMILES string of the molecule is [O]=[Cr](=[O])([O][Si](C=Cc1ccccc1)(C=Cc1ccccc1)C=Cc1ccccc1)[O][Si](C=Cc1ccccc1)(C=Cc1ccccc1)C=Cc1ccccc1. The molecule has 0 aliphatic rings. The van der Waals surface area contributed by atoms with Crippen molar-refractivity contribution in [3.05, 3.63) is 250 Å². The van der Waals surface area contributed by atoms with Crippen LogP contribution in [0.3, 0.4) is 0 Å². The summed E-state index contributed by atoms with van der Waals surface area (Å²) in [5, 5.41) is 0. The van der Waals surface area contributed by atoms with Gasteiger partial charge in [-0.2, -0.15) is 0 Å². The van der Waals surface area contributed by atoms with Crippen molar-refractivity contribution in [2.75, 3.05) is 0 Å². The van der Waals surface area contributed by atoms with Crippen LogP contribution < -0.4 is 0 Å². The maximum absolute atomic E-state index is 14.8. The van der Waals surface area contributed by atoms with E-state index in [1.807, 2.05) is 253 Å². The van der Waals surface area contributed by atoms with Crippen molar-refractivity contribution < 1.29 is 28.2 Å². The second-order valence-electron chi connectivity index (χ2n) is 12.7. The van der Waals surface area contributed by atoms with Gasteiger partial charge in [0.1, 0.15) is 0 Å². The topological polar surface area (TPSA) is 52.6 Å². The van der Waals surface area contributed by atoms with Crippen molar-refractivity contribution in [3.63, 3.8) is 0 Å². The van der Waals surface area contributed by atoms with Crippen molar-refractivity contribution in [1.82, 2.24) is 0 Å². The zero-order chi connectivity index (χ0) is 38.1. The summed E-state index contributed by atoms with van der Waals surface area (Å²) in [4.78, 5) is 0. The molecule has 55 heavy (non-hydrogen) atoms. The van der Waals surface area contributed by atoms with E-state index in [9.17, 15) is 7.61 Å². The molecule has 0 atom stereocenters. The maximum atomic E-state index is 14.8. The number of hydrogen-bond donors (Lipinski definition) is 0. The second kappa shape index (κ2) is 19.5. The molecule has 0 amide bonds. The van der Waals surface area contributed by atoms with Gasteiger partial charge >= 0.3 is 331 Å². The van der Waals surface area contributed by atoms with E-state index in [4.69, 9.17) is 6.96 Å². The average molecular weight is 791 g/mol. The molecular formula is C48H42CrO4Si2. The molecule has 0 radical (unpaired) electrons. The minimum absolute atomic E-state index is 0.919. The van der Waals surface area contributed by atoms with Crippen LogP contribution in [0.15, 0.2) is 216 Å². The van der Waals surface area contributed by atoms with Crippen molar-refractivity contribution >= 4 is 53.1 Å². The van der Waals surface area contributed by atoms with E-state index >= 15 is 0 Å². The molecule has 0 aliphatic carbocycles. The number of benzene rings is 6. The molecule has 0 heterocycles. The van der Waals surface area contributed by atoms with Gasteiger partial charge in [0.05, 0.1) is 0 Å². The molecule has 272 valence electrons. The van der Waals surface area contributed by atoms with Crippen LogP contribution in [-0.2, 0) is 28.2 Å². The molecule has 4 nitrogen and oxygen atoms in total. The summed E-state index contributed by atoms with van der Waals surface area (Å²) in [7, 11) is -7.22. The normalized spacial score (nSPS) is 14.7. The van der Waals surface area contributed by atoms with E-state index in [0.717, 1.165) is 33.4 Å². The molecule has 7 heteroatoms. The van der Waals surface area contributed by atoms with Crippen LogP contribution in [0.1, 0.15) is 33.4 Å². The van der Waals surface area contributed by atoms with Gasteiger partial charge < -0.3 is 0 Å². The third-order valence-corrected chi connectivity index (χ3v) is 18.2. The van der Waals surface area contributed by atoms with Gasteiger partial charge in [-0.15, -0.1) is 0 Å². The standard InChI is InChI=1S/2C24H21OSi.Cr.2O/c2*25-26(19-16-22-10-4-1-5-11-22,20-17-23-12-6-2-7-13-23)21-18-24-14-8-3-9-15-24;;;/h2*1-21H;;;/q2*-1;+2;;. The van der Waals surface area contributed by atoms with E-state index < -0.39 is 30.2 Å². The molecule has 0 unspecified atom stereocenters. The zero-order valence-electron chi connectivity index (χ0n) is 30.3. The fourth-order valence-corrected chi connectivity index (χ4v) is 15.5. The summed E-state index contributed by atoms with van der Waals surface area (Å²) in [5.74, 6) is 0. The van der Waals surface area contributed by atoms with Crippen molar-refractivity contribution in [1.29, 1.82) is 0 Å². The Morgan fingerprint density at radius 2 is 0.455 bits per heavy atom. The molecule has 0 bridgehead atoms. The Balaban J connectivity index is 1.49. The number of hydrogen-bond acceptors (Lipinski definition) is 4. The average Bonchev–Trinajstić information content (AvgIpc) is 3.24. The van der Waals surface area contributed by atoms with E-state index in [-0.39, 0.29) is 0 Å². The van der Waals surface area contributed by atoms with Crippen LogP contribution in [0.4, 0.5) is 0 Å². The predicted molar refractivity (Wildman–Crippen MR) is 228 cm³/mol. The first-order chi connectivity index (χ1) is 26.9. The van der Waals surface area contributed by atoms with Crippen molar-refractivity contribution in [2.45, 2.75) is 0 Å². The van der Waals surface area contributed by atoms with E-state index in [0.29, 0.717) is 0 Å². The Bertz CT molecular complexity index is 1950. The monoisotopic (exact) mass is 790 g/mol. The summed E-state index contributed by atoms with van der Waals surface area (Å²) in [6.45, 7) is 0. The number of rotatable bonds is 16. The van der Waals surface area contributed by atoms with Crippen LogP contribution in [0.25, 0.3) is 36.5 Å². The van der Waals surface area contributed by atoms with Gasteiger partial charge in [-0.3, -0.25) is 0 Å². The van der Waals surface area contributed by atoms with Crippen LogP contribution in [0.2, 0.25) is 0 Å². The van der Waals surface area contributed by atoms with Crippen molar-refractivity contribution in [2.24, 2.45) is 0 Å². The van der Waals surface area contributed by atoms with Gasteiger partial charge in [0, 0.05) is 0 Å². The third kappa shape index (κ3) is 12.7. The molecule has 6 aromatic rings. The molecule has 0 N–H and O–H groups in total. The third-order valence-electron chi connectivity index (χ3n) is 8.51. The van der Waals surface area contributed by atoms with Gasteiger partial charge in [0.15, 0.2) is 0 Å². The molecular weight excluding hydrogens is 749 g/mol. The summed E-state index contributed by atoms with van der Waals surface area (Å²) in [6.07, 6.45) is 11.6. The van der Waals surface area contributed by atoms with Crippen LogP contribution in [-0.4, -0.2) is 16.6 Å². The Hall–Kier alpha value is -5.75. The molecule has 0 aliphatic heterocycles. The Morgan fingerprint density at radius 3 is 0.618 bits per heavy atom. The molecule has 0 fully saturated rings. The summed E-state index contributed by atoms with van der Waals surface area (Å²) in [5.41, 5.74) is 16.9. The van der Waals surface area contributed by atoms with Gasteiger partial charge in [0.2, 0.25) is 0 Å². The fourth-order valence-electron chi connectivity index (χ4n) is 5.61. The Morgan fingerprint density at radius 1 is 0.291 bits per heavy atom. The van der Waals surface area contributed by atoms with Gasteiger partial charge in [-0.05, 0) is 0 Å². The Labute approximate surface area is 329 Å². The fraction of sp³-hybridized carbons (Fsp3) is 0. The van der Waals surface area contributed by atoms with Gasteiger partial charge in [-0.25, -0.2) is 0 Å². The molecule has 0 saturated heterocycles. The van der Waals surface area contributed by atoms with Crippen molar-refractivity contribution in [3.8, 4) is 0 Å². The molecule has 0 aromatic heterocycles.